The summed E-state index contributed by atoms with van der Waals surface area (Å²) in [5.41, 5.74) is -1.22. The van der Waals surface area contributed by atoms with E-state index in [1.165, 1.54) is 13.1 Å². The zero-order chi connectivity index (χ0) is 25.9. The standard InChI is InChI=1S/C20H15Cl2F3N6O3S/c1-8(3-12(33)16-15(22)17(29-7-28-16)30-9(2)32)19-27-6-13(35-19)18(34)31-14-4-10(20(23,24)25)11(21)5-26-14/h4-8H,3H2,1-2H3,(H,26,31,34)(H,28,29,30,32). The van der Waals surface area contributed by atoms with Crippen molar-refractivity contribution < 1.29 is 27.6 Å². The van der Waals surface area contributed by atoms with E-state index in [4.69, 9.17) is 23.2 Å². The van der Waals surface area contributed by atoms with Gasteiger partial charge in [-0.05, 0) is 6.07 Å². The van der Waals surface area contributed by atoms with Gasteiger partial charge < -0.3 is 10.6 Å². The lowest BCUT2D eigenvalue weighted by Crippen LogP contribution is -2.13. The van der Waals surface area contributed by atoms with Crippen LogP contribution in [-0.4, -0.2) is 37.5 Å². The first kappa shape index (κ1) is 26.4. The summed E-state index contributed by atoms with van der Waals surface area (Å²) in [5.74, 6) is -2.37. The number of aromatic nitrogens is 4. The Hall–Kier alpha value is -3.16. The summed E-state index contributed by atoms with van der Waals surface area (Å²) in [4.78, 5) is 52.1. The molecule has 3 aromatic rings. The minimum absolute atomic E-state index is 0.00265. The van der Waals surface area contributed by atoms with Crippen LogP contribution in [0.25, 0.3) is 0 Å². The summed E-state index contributed by atoms with van der Waals surface area (Å²) in [7, 11) is 0. The van der Waals surface area contributed by atoms with Crippen molar-refractivity contribution in [2.24, 2.45) is 0 Å². The molecule has 1 atom stereocenters. The Bertz CT molecular complexity index is 1300. The van der Waals surface area contributed by atoms with E-state index in [1.54, 1.807) is 6.92 Å². The molecule has 0 aliphatic heterocycles. The van der Waals surface area contributed by atoms with Crippen molar-refractivity contribution in [3.63, 3.8) is 0 Å². The Balaban J connectivity index is 1.70. The molecule has 0 aliphatic rings. The molecular weight excluding hydrogens is 532 g/mol. The van der Waals surface area contributed by atoms with Gasteiger partial charge in [-0.1, -0.05) is 30.1 Å². The molecule has 184 valence electrons. The molecule has 0 spiro atoms. The number of Topliss-reactive ketones (excluding diaryl/α,β-unsaturated/α-hetero) is 1. The maximum absolute atomic E-state index is 13.0. The number of hydrogen-bond acceptors (Lipinski definition) is 8. The van der Waals surface area contributed by atoms with Gasteiger partial charge in [0.1, 0.15) is 27.7 Å². The van der Waals surface area contributed by atoms with Crippen LogP contribution in [0.1, 0.15) is 56.9 Å². The Morgan fingerprint density at radius 1 is 1.09 bits per heavy atom. The van der Waals surface area contributed by atoms with Gasteiger partial charge in [0, 0.05) is 25.5 Å². The van der Waals surface area contributed by atoms with Crippen LogP contribution < -0.4 is 10.6 Å². The highest BCUT2D eigenvalue weighted by atomic mass is 35.5. The van der Waals surface area contributed by atoms with Crippen molar-refractivity contribution in [2.45, 2.75) is 32.4 Å². The molecule has 0 fully saturated rings. The molecule has 3 heterocycles. The third-order valence-electron chi connectivity index (χ3n) is 4.41. The number of thiazole rings is 1. The SMILES string of the molecule is CC(=O)Nc1ncnc(C(=O)CC(C)c2ncc(C(=O)Nc3cc(C(F)(F)F)c(Cl)cn3)s2)c1Cl. The van der Waals surface area contributed by atoms with Crippen LogP contribution in [0.4, 0.5) is 24.8 Å². The number of anilines is 2. The van der Waals surface area contributed by atoms with E-state index in [0.717, 1.165) is 23.9 Å². The number of halogens is 5. The maximum atomic E-state index is 13.0. The molecule has 35 heavy (non-hydrogen) atoms. The molecule has 0 radical (unpaired) electrons. The van der Waals surface area contributed by atoms with Crippen molar-refractivity contribution in [2.75, 3.05) is 10.6 Å². The van der Waals surface area contributed by atoms with Crippen molar-refractivity contribution in [1.29, 1.82) is 0 Å². The first-order valence-corrected chi connectivity index (χ1v) is 11.2. The van der Waals surface area contributed by atoms with Gasteiger partial charge in [-0.15, -0.1) is 11.3 Å². The van der Waals surface area contributed by atoms with Crippen LogP contribution >= 0.6 is 34.5 Å². The Morgan fingerprint density at radius 2 is 1.80 bits per heavy atom. The zero-order valence-corrected chi connectivity index (χ0v) is 20.2. The number of carbonyl (C=O) groups excluding carboxylic acids is 3. The predicted octanol–water partition coefficient (Wildman–Crippen LogP) is 5.24. The molecule has 3 aromatic heterocycles. The number of ketones is 1. The van der Waals surface area contributed by atoms with E-state index in [9.17, 15) is 27.6 Å². The number of nitrogens with zero attached hydrogens (tertiary/aromatic N) is 4. The van der Waals surface area contributed by atoms with E-state index in [0.29, 0.717) is 11.1 Å². The van der Waals surface area contributed by atoms with Crippen LogP contribution in [0.5, 0.6) is 0 Å². The number of amides is 2. The average Bonchev–Trinajstić information content (AvgIpc) is 3.26. The largest absolute Gasteiger partial charge is 0.418 e. The molecule has 0 bridgehead atoms. The Labute approximate surface area is 210 Å². The average molecular weight is 547 g/mol. The topological polar surface area (TPSA) is 127 Å². The Morgan fingerprint density at radius 3 is 2.46 bits per heavy atom. The smallest absolute Gasteiger partial charge is 0.310 e. The molecule has 0 saturated heterocycles. The normalized spacial score (nSPS) is 12.2. The number of pyridine rings is 1. The van der Waals surface area contributed by atoms with Gasteiger partial charge in [0.2, 0.25) is 5.91 Å². The van der Waals surface area contributed by atoms with Gasteiger partial charge >= 0.3 is 6.18 Å². The van der Waals surface area contributed by atoms with E-state index < -0.39 is 40.3 Å². The van der Waals surface area contributed by atoms with Crippen LogP contribution in [-0.2, 0) is 11.0 Å². The van der Waals surface area contributed by atoms with Gasteiger partial charge in [-0.2, -0.15) is 13.2 Å². The maximum Gasteiger partial charge on any atom is 0.418 e. The molecule has 3 rings (SSSR count). The van der Waals surface area contributed by atoms with E-state index >= 15 is 0 Å². The van der Waals surface area contributed by atoms with Crippen molar-refractivity contribution in [3.8, 4) is 0 Å². The molecular formula is C20H15Cl2F3N6O3S. The quantitative estimate of drug-likeness (QED) is 0.388. The summed E-state index contributed by atoms with van der Waals surface area (Å²) >= 11 is 12.6. The second-order valence-electron chi connectivity index (χ2n) is 7.16. The fraction of sp³-hybridized carbons (Fsp3) is 0.250. The minimum atomic E-state index is -4.71. The van der Waals surface area contributed by atoms with Crippen molar-refractivity contribution in [1.82, 2.24) is 19.9 Å². The van der Waals surface area contributed by atoms with Gasteiger partial charge in [-0.25, -0.2) is 19.9 Å². The van der Waals surface area contributed by atoms with Gasteiger partial charge in [0.05, 0.1) is 21.8 Å². The lowest BCUT2D eigenvalue weighted by Gasteiger charge is -2.10. The van der Waals surface area contributed by atoms with Crippen LogP contribution in [0, 0.1) is 0 Å². The molecule has 0 aromatic carbocycles. The summed E-state index contributed by atoms with van der Waals surface area (Å²) in [6.45, 7) is 2.95. The third-order valence-corrected chi connectivity index (χ3v) is 6.30. The monoisotopic (exact) mass is 546 g/mol. The highest BCUT2D eigenvalue weighted by molar-refractivity contribution is 7.13. The lowest BCUT2D eigenvalue weighted by molar-refractivity contribution is -0.137. The molecule has 0 aliphatic carbocycles. The number of rotatable bonds is 7. The van der Waals surface area contributed by atoms with Gasteiger partial charge in [0.15, 0.2) is 11.6 Å². The summed E-state index contributed by atoms with van der Waals surface area (Å²) in [6, 6.07) is 0.629. The fourth-order valence-electron chi connectivity index (χ4n) is 2.80. The predicted molar refractivity (Wildman–Crippen MR) is 123 cm³/mol. The third kappa shape index (κ3) is 6.50. The van der Waals surface area contributed by atoms with Crippen molar-refractivity contribution in [3.05, 3.63) is 56.0 Å². The first-order chi connectivity index (χ1) is 16.4. The van der Waals surface area contributed by atoms with Crippen molar-refractivity contribution >= 4 is 63.8 Å². The van der Waals surface area contributed by atoms with E-state index in [2.05, 4.69) is 30.6 Å². The second kappa shape index (κ2) is 10.6. The molecule has 9 nitrogen and oxygen atoms in total. The van der Waals surface area contributed by atoms with Crippen LogP contribution in [0.2, 0.25) is 10.0 Å². The number of nitrogens with one attached hydrogen (secondary N) is 2. The summed E-state index contributed by atoms with van der Waals surface area (Å²) < 4.78 is 39.0. The molecule has 2 N–H and O–H groups in total. The number of carbonyl (C=O) groups is 3. The summed E-state index contributed by atoms with van der Waals surface area (Å²) in [5, 5.41) is 4.40. The Kier molecular flexibility index (Phi) is 8.03. The van der Waals surface area contributed by atoms with E-state index in [1.807, 2.05) is 0 Å². The number of alkyl halides is 3. The van der Waals surface area contributed by atoms with Crippen LogP contribution in [0.3, 0.4) is 0 Å². The fourth-order valence-corrected chi connectivity index (χ4v) is 4.13. The summed E-state index contributed by atoms with van der Waals surface area (Å²) in [6.07, 6.45) is -1.66. The highest BCUT2D eigenvalue weighted by Crippen LogP contribution is 2.35. The van der Waals surface area contributed by atoms with E-state index in [-0.39, 0.29) is 33.7 Å². The van der Waals surface area contributed by atoms with Gasteiger partial charge in [0.25, 0.3) is 5.91 Å². The second-order valence-corrected chi connectivity index (χ2v) is 9.01. The molecule has 2 amide bonds. The lowest BCUT2D eigenvalue weighted by atomic mass is 10.0. The highest BCUT2D eigenvalue weighted by Gasteiger charge is 2.34. The molecule has 0 saturated carbocycles. The van der Waals surface area contributed by atoms with Gasteiger partial charge in [-0.3, -0.25) is 14.4 Å². The number of hydrogen-bond donors (Lipinski definition) is 2. The molecule has 15 heteroatoms. The first-order valence-electron chi connectivity index (χ1n) is 9.68. The minimum Gasteiger partial charge on any atom is -0.310 e. The molecule has 1 unspecified atom stereocenters. The van der Waals surface area contributed by atoms with Crippen LogP contribution in [0.15, 0.2) is 24.8 Å². The zero-order valence-electron chi connectivity index (χ0n) is 17.9.